The highest BCUT2D eigenvalue weighted by atomic mass is 32.2. The summed E-state index contributed by atoms with van der Waals surface area (Å²) in [5.41, 5.74) is 0. The fourth-order valence-electron chi connectivity index (χ4n) is 1.62. The Hall–Kier alpha value is 0.240. The second-order valence-electron chi connectivity index (χ2n) is 3.29. The van der Waals surface area contributed by atoms with Gasteiger partial charge >= 0.3 is 0 Å². The second-order valence-corrected chi connectivity index (χ2v) is 4.20. The summed E-state index contributed by atoms with van der Waals surface area (Å²) in [6.45, 7) is 2.09. The molecule has 1 saturated heterocycles. The van der Waals surface area contributed by atoms with E-state index in [1.54, 1.807) is 11.8 Å². The Balaban J connectivity index is 2.49. The van der Waals surface area contributed by atoms with Crippen molar-refractivity contribution < 1.29 is 4.39 Å². The molecule has 1 nitrogen and oxygen atoms in total. The van der Waals surface area contributed by atoms with Crippen LogP contribution < -0.4 is 0 Å². The van der Waals surface area contributed by atoms with Crippen molar-refractivity contribution in [1.29, 1.82) is 0 Å². The molecule has 0 radical (unpaired) electrons. The van der Waals surface area contributed by atoms with Crippen LogP contribution in [0.2, 0.25) is 0 Å². The maximum Gasteiger partial charge on any atom is 0.118 e. The monoisotopic (exact) mass is 177 g/mol. The Morgan fingerprint density at radius 2 is 2.27 bits per heavy atom. The van der Waals surface area contributed by atoms with Gasteiger partial charge in [-0.3, -0.25) is 4.90 Å². The van der Waals surface area contributed by atoms with Crippen molar-refractivity contribution in [3.63, 3.8) is 0 Å². The molecule has 0 N–H and O–H groups in total. The van der Waals surface area contributed by atoms with Crippen LogP contribution in [0.4, 0.5) is 4.39 Å². The zero-order chi connectivity index (χ0) is 8.43. The number of halogens is 1. The van der Waals surface area contributed by atoms with Crippen molar-refractivity contribution in [1.82, 2.24) is 4.90 Å². The highest BCUT2D eigenvalue weighted by molar-refractivity contribution is 7.98. The van der Waals surface area contributed by atoms with Crippen molar-refractivity contribution >= 4 is 11.8 Å². The van der Waals surface area contributed by atoms with Crippen molar-refractivity contribution in [3.05, 3.63) is 0 Å². The fourth-order valence-corrected chi connectivity index (χ4v) is 2.41. The molecule has 66 valence electrons. The summed E-state index contributed by atoms with van der Waals surface area (Å²) in [7, 11) is 2.02. The molecule has 1 rings (SSSR count). The summed E-state index contributed by atoms with van der Waals surface area (Å²) in [4.78, 5) is 2.15. The lowest BCUT2D eigenvalue weighted by Gasteiger charge is -2.22. The van der Waals surface area contributed by atoms with Crippen molar-refractivity contribution in [2.75, 3.05) is 19.1 Å². The zero-order valence-corrected chi connectivity index (χ0v) is 8.20. The minimum Gasteiger partial charge on any atom is -0.297 e. The molecule has 1 fully saturated rings. The number of thioether (sulfide) groups is 1. The molecule has 1 heterocycles. The van der Waals surface area contributed by atoms with Gasteiger partial charge in [0.25, 0.3) is 0 Å². The number of hydrogen-bond donors (Lipinski definition) is 0. The van der Waals surface area contributed by atoms with E-state index in [4.69, 9.17) is 0 Å². The maximum absolute atomic E-state index is 13.2. The lowest BCUT2D eigenvalue weighted by Crippen LogP contribution is -2.35. The predicted molar refractivity (Wildman–Crippen MR) is 48.9 cm³/mol. The third-order valence-electron chi connectivity index (χ3n) is 2.54. The molecule has 0 bridgehead atoms. The Labute approximate surface area is 72.3 Å². The normalized spacial score (nSPS) is 39.8. The lowest BCUT2D eigenvalue weighted by atomic mass is 10.2. The molecule has 0 saturated carbocycles. The van der Waals surface area contributed by atoms with Gasteiger partial charge < -0.3 is 0 Å². The van der Waals surface area contributed by atoms with Gasteiger partial charge in [-0.25, -0.2) is 4.39 Å². The van der Waals surface area contributed by atoms with E-state index in [-0.39, 0.29) is 6.04 Å². The summed E-state index contributed by atoms with van der Waals surface area (Å²) in [6.07, 6.45) is 2.13. The second kappa shape index (κ2) is 3.76. The van der Waals surface area contributed by atoms with E-state index in [1.165, 1.54) is 0 Å². The molecule has 3 unspecified atom stereocenters. The van der Waals surface area contributed by atoms with E-state index in [2.05, 4.69) is 11.8 Å². The lowest BCUT2D eigenvalue weighted by molar-refractivity contribution is 0.224. The van der Waals surface area contributed by atoms with Crippen LogP contribution in [0.5, 0.6) is 0 Å². The van der Waals surface area contributed by atoms with Crippen LogP contribution >= 0.6 is 11.8 Å². The molecule has 1 aliphatic rings. The number of likely N-dealkylation sites (tertiary alicyclic amines) is 1. The van der Waals surface area contributed by atoms with Crippen molar-refractivity contribution in [2.45, 2.75) is 31.6 Å². The quantitative estimate of drug-likeness (QED) is 0.632. The summed E-state index contributed by atoms with van der Waals surface area (Å²) in [6, 6.07) is 0.571. The molecular formula is C8H16FNS. The van der Waals surface area contributed by atoms with Crippen LogP contribution in [-0.4, -0.2) is 42.2 Å². The molecule has 0 aromatic heterocycles. The highest BCUT2D eigenvalue weighted by Crippen LogP contribution is 2.26. The first kappa shape index (κ1) is 9.33. The Morgan fingerprint density at radius 3 is 2.64 bits per heavy atom. The molecule has 0 aromatic rings. The first-order valence-corrected chi connectivity index (χ1v) is 5.41. The van der Waals surface area contributed by atoms with Crippen LogP contribution in [0.3, 0.4) is 0 Å². The fraction of sp³-hybridized carbons (Fsp3) is 1.00. The first-order chi connectivity index (χ1) is 5.16. The molecule has 0 aromatic carbocycles. The van der Waals surface area contributed by atoms with Crippen LogP contribution in [0.25, 0.3) is 0 Å². The van der Waals surface area contributed by atoms with Crippen LogP contribution in [0, 0.1) is 0 Å². The van der Waals surface area contributed by atoms with E-state index in [9.17, 15) is 4.39 Å². The van der Waals surface area contributed by atoms with E-state index in [0.29, 0.717) is 12.5 Å². The van der Waals surface area contributed by atoms with Gasteiger partial charge in [0.1, 0.15) is 6.17 Å². The van der Waals surface area contributed by atoms with Gasteiger partial charge in [-0.05, 0) is 26.6 Å². The Bertz CT molecular complexity index is 131. The van der Waals surface area contributed by atoms with Gasteiger partial charge in [-0.1, -0.05) is 0 Å². The number of hydrogen-bond acceptors (Lipinski definition) is 2. The van der Waals surface area contributed by atoms with Gasteiger partial charge in [-0.2, -0.15) is 11.8 Å². The SMILES string of the molecule is CSCC1C(F)CC(C)N1C. The van der Waals surface area contributed by atoms with Crippen LogP contribution in [0.1, 0.15) is 13.3 Å². The molecule has 1 aliphatic heterocycles. The van der Waals surface area contributed by atoms with Crippen molar-refractivity contribution in [3.8, 4) is 0 Å². The molecule has 0 aliphatic carbocycles. The Morgan fingerprint density at radius 1 is 1.64 bits per heavy atom. The van der Waals surface area contributed by atoms with Crippen molar-refractivity contribution in [2.24, 2.45) is 0 Å². The van der Waals surface area contributed by atoms with Crippen LogP contribution in [-0.2, 0) is 0 Å². The van der Waals surface area contributed by atoms with Crippen LogP contribution in [0.15, 0.2) is 0 Å². The average Bonchev–Trinajstić information content (AvgIpc) is 2.17. The van der Waals surface area contributed by atoms with Gasteiger partial charge in [0.15, 0.2) is 0 Å². The summed E-state index contributed by atoms with van der Waals surface area (Å²) in [5.74, 6) is 0.919. The molecule has 0 amide bonds. The molecule has 3 heteroatoms. The minimum atomic E-state index is -0.609. The highest BCUT2D eigenvalue weighted by Gasteiger charge is 2.35. The summed E-state index contributed by atoms with van der Waals surface area (Å²) >= 11 is 1.73. The standard InChI is InChI=1S/C8H16FNS/c1-6-4-7(9)8(5-11-3)10(6)2/h6-8H,4-5H2,1-3H3. The maximum atomic E-state index is 13.2. The summed E-state index contributed by atoms with van der Waals surface area (Å²) in [5, 5.41) is 0. The van der Waals surface area contributed by atoms with Gasteiger partial charge in [0.05, 0.1) is 0 Å². The molecule has 3 atom stereocenters. The third-order valence-corrected chi connectivity index (χ3v) is 3.21. The Kier molecular flexibility index (Phi) is 3.19. The number of nitrogens with zero attached hydrogens (tertiary/aromatic N) is 1. The largest absolute Gasteiger partial charge is 0.297 e. The third kappa shape index (κ3) is 1.88. The van der Waals surface area contributed by atoms with Gasteiger partial charge in [0.2, 0.25) is 0 Å². The average molecular weight is 177 g/mol. The van der Waals surface area contributed by atoms with Gasteiger partial charge in [-0.15, -0.1) is 0 Å². The predicted octanol–water partition coefficient (Wildman–Crippen LogP) is 1.78. The zero-order valence-electron chi connectivity index (χ0n) is 7.38. The topological polar surface area (TPSA) is 3.24 Å². The summed E-state index contributed by atoms with van der Waals surface area (Å²) < 4.78 is 13.2. The van der Waals surface area contributed by atoms with E-state index in [0.717, 1.165) is 5.75 Å². The first-order valence-electron chi connectivity index (χ1n) is 4.01. The molecular weight excluding hydrogens is 161 g/mol. The van der Waals surface area contributed by atoms with Gasteiger partial charge in [0, 0.05) is 17.8 Å². The van der Waals surface area contributed by atoms with E-state index < -0.39 is 6.17 Å². The molecule has 0 spiro atoms. The number of alkyl halides is 1. The minimum absolute atomic E-state index is 0.153. The molecule has 11 heavy (non-hydrogen) atoms. The smallest absolute Gasteiger partial charge is 0.118 e. The van der Waals surface area contributed by atoms with E-state index >= 15 is 0 Å². The number of rotatable bonds is 2. The van der Waals surface area contributed by atoms with E-state index in [1.807, 2.05) is 13.3 Å².